The summed E-state index contributed by atoms with van der Waals surface area (Å²) in [7, 11) is 1.62. The number of ether oxygens (including phenoxy) is 1. The zero-order chi connectivity index (χ0) is 20.4. The van der Waals surface area contributed by atoms with Crippen LogP contribution in [-0.4, -0.2) is 22.9 Å². The third-order valence-electron chi connectivity index (χ3n) is 4.55. The summed E-state index contributed by atoms with van der Waals surface area (Å²) in [6.07, 6.45) is 1.96. The van der Waals surface area contributed by atoms with Gasteiger partial charge in [-0.05, 0) is 55.3 Å². The largest absolute Gasteiger partial charge is 0.497 e. The first-order valence-electron chi connectivity index (χ1n) is 9.10. The topological polar surface area (TPSA) is 76.1 Å². The van der Waals surface area contributed by atoms with Crippen LogP contribution in [0.1, 0.15) is 28.9 Å². The number of fused-ring (bicyclic) bond motifs is 1. The van der Waals surface area contributed by atoms with E-state index in [0.717, 1.165) is 23.6 Å². The van der Waals surface area contributed by atoms with Crippen molar-refractivity contribution < 1.29 is 9.53 Å². The summed E-state index contributed by atoms with van der Waals surface area (Å²) in [6, 6.07) is 12.5. The van der Waals surface area contributed by atoms with Gasteiger partial charge in [0, 0.05) is 27.8 Å². The van der Waals surface area contributed by atoms with Gasteiger partial charge < -0.3 is 15.4 Å². The quantitative estimate of drug-likeness (QED) is 0.534. The van der Waals surface area contributed by atoms with E-state index in [1.165, 1.54) is 0 Å². The van der Waals surface area contributed by atoms with Crippen LogP contribution < -0.4 is 15.4 Å². The number of anilines is 4. The zero-order valence-corrected chi connectivity index (χ0v) is 17.1. The molecule has 8 heteroatoms. The predicted molar refractivity (Wildman–Crippen MR) is 115 cm³/mol. The number of ketones is 1. The Bertz CT molecular complexity index is 1050. The van der Waals surface area contributed by atoms with Crippen molar-refractivity contribution in [3.05, 3.63) is 63.8 Å². The first kappa shape index (κ1) is 19.5. The van der Waals surface area contributed by atoms with Crippen molar-refractivity contribution in [1.82, 2.24) is 9.97 Å². The molecule has 0 aliphatic heterocycles. The van der Waals surface area contributed by atoms with E-state index in [4.69, 9.17) is 27.9 Å². The molecule has 0 unspecified atom stereocenters. The number of rotatable bonds is 5. The van der Waals surface area contributed by atoms with Crippen LogP contribution in [0.25, 0.3) is 0 Å². The second-order valence-electron chi connectivity index (χ2n) is 6.63. The molecule has 1 heterocycles. The molecule has 0 radical (unpaired) electrons. The first-order chi connectivity index (χ1) is 14.0. The fourth-order valence-electron chi connectivity index (χ4n) is 3.24. The van der Waals surface area contributed by atoms with Crippen LogP contribution in [0.15, 0.2) is 42.5 Å². The van der Waals surface area contributed by atoms with Crippen LogP contribution in [0, 0.1) is 0 Å². The number of halogens is 2. The maximum absolute atomic E-state index is 12.6. The van der Waals surface area contributed by atoms with Gasteiger partial charge in [-0.25, -0.2) is 4.98 Å². The summed E-state index contributed by atoms with van der Waals surface area (Å²) in [5, 5.41) is 7.36. The lowest BCUT2D eigenvalue weighted by Gasteiger charge is -2.19. The van der Waals surface area contributed by atoms with Gasteiger partial charge in [0.15, 0.2) is 5.78 Å². The number of nitrogens with one attached hydrogen (secondary N) is 2. The Hall–Kier alpha value is -2.83. The summed E-state index contributed by atoms with van der Waals surface area (Å²) < 4.78 is 5.18. The minimum atomic E-state index is 0.0258. The van der Waals surface area contributed by atoms with Gasteiger partial charge in [0.1, 0.15) is 11.6 Å². The molecular formula is C21H18Cl2N4O2. The van der Waals surface area contributed by atoms with Crippen molar-refractivity contribution >= 4 is 52.1 Å². The zero-order valence-electron chi connectivity index (χ0n) is 15.6. The molecule has 1 aliphatic rings. The molecule has 2 aromatic carbocycles. The van der Waals surface area contributed by atoms with Crippen molar-refractivity contribution in [2.75, 3.05) is 17.7 Å². The van der Waals surface area contributed by atoms with Crippen molar-refractivity contribution in [3.63, 3.8) is 0 Å². The molecule has 6 nitrogen and oxygen atoms in total. The Morgan fingerprint density at radius 3 is 2.34 bits per heavy atom. The summed E-state index contributed by atoms with van der Waals surface area (Å²) >= 11 is 12.2. The highest BCUT2D eigenvalue weighted by molar-refractivity contribution is 6.35. The van der Waals surface area contributed by atoms with Crippen molar-refractivity contribution in [3.8, 4) is 5.75 Å². The summed E-state index contributed by atoms with van der Waals surface area (Å²) in [5.41, 5.74) is 2.71. The summed E-state index contributed by atoms with van der Waals surface area (Å²) in [5.74, 6) is 1.62. The molecule has 0 bridgehead atoms. The number of aryl methyl sites for hydroxylation is 1. The lowest BCUT2D eigenvalue weighted by atomic mass is 9.95. The number of carbonyl (C=O) groups excluding carboxylic acids is 1. The van der Waals surface area contributed by atoms with Gasteiger partial charge in [-0.1, -0.05) is 23.2 Å². The van der Waals surface area contributed by atoms with Gasteiger partial charge in [-0.2, -0.15) is 4.98 Å². The third-order valence-corrected chi connectivity index (χ3v) is 4.99. The molecule has 1 aromatic heterocycles. The number of benzene rings is 2. The molecule has 0 saturated heterocycles. The minimum Gasteiger partial charge on any atom is -0.497 e. The average Bonchev–Trinajstić information content (AvgIpc) is 2.68. The number of hydrogen-bond acceptors (Lipinski definition) is 6. The monoisotopic (exact) mass is 428 g/mol. The lowest BCUT2D eigenvalue weighted by Crippen LogP contribution is -2.17. The summed E-state index contributed by atoms with van der Waals surface area (Å²) in [6.45, 7) is 0. The Labute approximate surface area is 178 Å². The average molecular weight is 429 g/mol. The van der Waals surface area contributed by atoms with Crippen LogP contribution in [0.4, 0.5) is 23.1 Å². The number of methoxy groups -OCH3 is 1. The molecule has 0 amide bonds. The molecule has 1 aliphatic carbocycles. The number of hydrogen-bond donors (Lipinski definition) is 2. The van der Waals surface area contributed by atoms with E-state index in [-0.39, 0.29) is 5.78 Å². The van der Waals surface area contributed by atoms with E-state index in [0.29, 0.717) is 45.9 Å². The van der Waals surface area contributed by atoms with Crippen molar-refractivity contribution in [2.45, 2.75) is 19.3 Å². The van der Waals surface area contributed by atoms with Crippen molar-refractivity contribution in [1.29, 1.82) is 0 Å². The Kier molecular flexibility index (Phi) is 5.56. The maximum atomic E-state index is 12.6. The normalized spacial score (nSPS) is 13.0. The van der Waals surface area contributed by atoms with Crippen LogP contribution in [-0.2, 0) is 6.42 Å². The van der Waals surface area contributed by atoms with Crippen molar-refractivity contribution in [2.24, 2.45) is 0 Å². The highest BCUT2D eigenvalue weighted by Gasteiger charge is 2.25. The molecule has 0 atom stereocenters. The molecule has 0 spiro atoms. The van der Waals surface area contributed by atoms with Crippen LogP contribution >= 0.6 is 23.2 Å². The first-order valence-corrected chi connectivity index (χ1v) is 9.86. The molecular weight excluding hydrogens is 411 g/mol. The molecule has 29 heavy (non-hydrogen) atoms. The standard InChI is InChI=1S/C21H18Cl2N4O2/c1-29-16-7-5-14(6-8-16)25-21-26-17-3-2-4-18(28)19(17)20(27-21)24-15-10-12(22)9-13(23)11-15/h5-11H,2-4H2,1H3,(H2,24,25,26,27). The van der Waals surface area contributed by atoms with Gasteiger partial charge in [-0.3, -0.25) is 4.79 Å². The summed E-state index contributed by atoms with van der Waals surface area (Å²) in [4.78, 5) is 21.7. The third kappa shape index (κ3) is 4.44. The van der Waals surface area contributed by atoms with E-state index >= 15 is 0 Å². The van der Waals surface area contributed by atoms with Crippen LogP contribution in [0.5, 0.6) is 5.75 Å². The lowest BCUT2D eigenvalue weighted by molar-refractivity contribution is 0.0972. The van der Waals surface area contributed by atoms with Gasteiger partial charge in [0.05, 0.1) is 18.4 Å². The fourth-order valence-corrected chi connectivity index (χ4v) is 3.76. The molecule has 2 N–H and O–H groups in total. The number of Topliss-reactive ketones (excluding diaryl/α,β-unsaturated/α-hetero) is 1. The smallest absolute Gasteiger partial charge is 0.229 e. The van der Waals surface area contributed by atoms with E-state index < -0.39 is 0 Å². The fraction of sp³-hybridized carbons (Fsp3) is 0.190. The second kappa shape index (κ2) is 8.27. The second-order valence-corrected chi connectivity index (χ2v) is 7.50. The molecule has 148 valence electrons. The number of aromatic nitrogens is 2. The molecule has 4 rings (SSSR count). The highest BCUT2D eigenvalue weighted by Crippen LogP contribution is 2.31. The number of nitrogens with zero attached hydrogens (tertiary/aromatic N) is 2. The Morgan fingerprint density at radius 2 is 1.66 bits per heavy atom. The molecule has 0 fully saturated rings. The van der Waals surface area contributed by atoms with Gasteiger partial charge >= 0.3 is 0 Å². The van der Waals surface area contributed by atoms with Crippen LogP contribution in [0.2, 0.25) is 10.0 Å². The van der Waals surface area contributed by atoms with E-state index in [2.05, 4.69) is 20.6 Å². The van der Waals surface area contributed by atoms with E-state index in [1.54, 1.807) is 25.3 Å². The van der Waals surface area contributed by atoms with Crippen LogP contribution in [0.3, 0.4) is 0 Å². The Morgan fingerprint density at radius 1 is 0.931 bits per heavy atom. The Balaban J connectivity index is 1.71. The molecule has 3 aromatic rings. The SMILES string of the molecule is COc1ccc(Nc2nc3c(c(Nc4cc(Cl)cc(Cl)c4)n2)C(=O)CCC3)cc1. The predicted octanol–water partition coefficient (Wildman–Crippen LogP) is 5.80. The van der Waals surface area contributed by atoms with Gasteiger partial charge in [-0.15, -0.1) is 0 Å². The molecule has 0 saturated carbocycles. The van der Waals surface area contributed by atoms with E-state index in [9.17, 15) is 4.79 Å². The maximum Gasteiger partial charge on any atom is 0.229 e. The van der Waals surface area contributed by atoms with Gasteiger partial charge in [0.25, 0.3) is 0 Å². The minimum absolute atomic E-state index is 0.0258. The highest BCUT2D eigenvalue weighted by atomic mass is 35.5. The van der Waals surface area contributed by atoms with E-state index in [1.807, 2.05) is 24.3 Å². The number of carbonyl (C=O) groups is 1. The van der Waals surface area contributed by atoms with Gasteiger partial charge in [0.2, 0.25) is 5.95 Å².